The van der Waals surface area contributed by atoms with E-state index in [1.165, 1.54) is 37.1 Å². The van der Waals surface area contributed by atoms with Gasteiger partial charge in [-0.3, -0.25) is 18.7 Å². The molecule has 1 aromatic carbocycles. The lowest BCUT2D eigenvalue weighted by Crippen LogP contribution is -2.37. The highest BCUT2D eigenvalue weighted by Crippen LogP contribution is 2.08. The number of esters is 1. The van der Waals surface area contributed by atoms with E-state index in [1.54, 1.807) is 16.7 Å². The fraction of sp³-hybridized carbons (Fsp3) is 0.333. The molecule has 8 nitrogen and oxygen atoms in total. The zero-order chi connectivity index (χ0) is 19.6. The number of nitrogens with zero attached hydrogens (tertiary/aromatic N) is 4. The monoisotopic (exact) mass is 374 g/mol. The number of benzene rings is 1. The lowest BCUT2D eigenvalue weighted by Gasteiger charge is -2.08. The summed E-state index contributed by atoms with van der Waals surface area (Å²) >= 11 is 0. The summed E-state index contributed by atoms with van der Waals surface area (Å²) < 4.78 is 22.1. The predicted molar refractivity (Wildman–Crippen MR) is 95.9 cm³/mol. The van der Waals surface area contributed by atoms with Crippen LogP contribution in [0.3, 0.4) is 0 Å². The number of hydrogen-bond donors (Lipinski definition) is 0. The summed E-state index contributed by atoms with van der Waals surface area (Å²) in [5.74, 6) is -0.757. The first-order chi connectivity index (χ1) is 12.9. The molecular weight excluding hydrogens is 355 g/mol. The molecule has 0 radical (unpaired) electrons. The predicted octanol–water partition coefficient (Wildman–Crippen LogP) is 0.749. The topological polar surface area (TPSA) is 88.1 Å². The van der Waals surface area contributed by atoms with Crippen molar-refractivity contribution in [1.29, 1.82) is 0 Å². The minimum absolute atomic E-state index is 0.0550. The Hall–Kier alpha value is -3.23. The molecule has 0 aliphatic carbocycles. The second-order valence-corrected chi connectivity index (χ2v) is 6.17. The van der Waals surface area contributed by atoms with Gasteiger partial charge in [0.15, 0.2) is 11.2 Å². The van der Waals surface area contributed by atoms with Crippen LogP contribution in [0.2, 0.25) is 0 Å². The van der Waals surface area contributed by atoms with Crippen LogP contribution in [0.5, 0.6) is 0 Å². The van der Waals surface area contributed by atoms with Gasteiger partial charge in [0.25, 0.3) is 5.56 Å². The van der Waals surface area contributed by atoms with Crippen LogP contribution in [0.25, 0.3) is 11.2 Å². The number of imidazole rings is 1. The van der Waals surface area contributed by atoms with E-state index in [0.717, 1.165) is 10.1 Å². The molecule has 3 aromatic rings. The third-order valence-corrected chi connectivity index (χ3v) is 4.32. The van der Waals surface area contributed by atoms with Gasteiger partial charge in [-0.15, -0.1) is 0 Å². The number of carbonyl (C=O) groups is 1. The average Bonchev–Trinajstić information content (AvgIpc) is 3.07. The molecule has 27 heavy (non-hydrogen) atoms. The fourth-order valence-corrected chi connectivity index (χ4v) is 2.84. The van der Waals surface area contributed by atoms with E-state index >= 15 is 0 Å². The third-order valence-electron chi connectivity index (χ3n) is 4.32. The molecule has 3 rings (SSSR count). The molecule has 0 atom stereocenters. The summed E-state index contributed by atoms with van der Waals surface area (Å²) in [6.45, 7) is 0.287. The highest BCUT2D eigenvalue weighted by molar-refractivity contribution is 5.70. The highest BCUT2D eigenvalue weighted by atomic mass is 19.1. The summed E-state index contributed by atoms with van der Waals surface area (Å²) in [6, 6.07) is 6.06. The average molecular weight is 374 g/mol. The molecule has 0 bridgehead atoms. The Morgan fingerprint density at radius 3 is 2.74 bits per heavy atom. The SMILES string of the molecule is Cn1c(=O)c2c(ncn2CCOC(=O)CCc2cccc(F)c2)n(C)c1=O. The van der Waals surface area contributed by atoms with E-state index in [4.69, 9.17) is 4.74 Å². The summed E-state index contributed by atoms with van der Waals surface area (Å²) in [6.07, 6.45) is 1.95. The van der Waals surface area contributed by atoms with Crippen molar-refractivity contribution in [2.75, 3.05) is 6.61 Å². The van der Waals surface area contributed by atoms with Crippen molar-refractivity contribution in [2.24, 2.45) is 14.1 Å². The van der Waals surface area contributed by atoms with E-state index in [1.807, 2.05) is 0 Å². The molecule has 0 aliphatic heterocycles. The molecular formula is C18H19FN4O4. The van der Waals surface area contributed by atoms with Crippen molar-refractivity contribution >= 4 is 17.1 Å². The number of ether oxygens (including phenoxy) is 1. The number of halogens is 1. The van der Waals surface area contributed by atoms with Gasteiger partial charge < -0.3 is 9.30 Å². The van der Waals surface area contributed by atoms with Crippen LogP contribution in [0.4, 0.5) is 4.39 Å². The van der Waals surface area contributed by atoms with Crippen LogP contribution in [0, 0.1) is 5.82 Å². The van der Waals surface area contributed by atoms with Crippen molar-refractivity contribution in [3.8, 4) is 0 Å². The van der Waals surface area contributed by atoms with Gasteiger partial charge in [0, 0.05) is 20.5 Å². The lowest BCUT2D eigenvalue weighted by molar-refractivity contribution is -0.143. The minimum atomic E-state index is -0.457. The Bertz CT molecular complexity index is 1110. The van der Waals surface area contributed by atoms with Crippen LogP contribution in [-0.4, -0.2) is 31.3 Å². The molecule has 142 valence electrons. The van der Waals surface area contributed by atoms with Gasteiger partial charge in [-0.1, -0.05) is 12.1 Å². The van der Waals surface area contributed by atoms with Crippen molar-refractivity contribution in [2.45, 2.75) is 19.4 Å². The van der Waals surface area contributed by atoms with Crippen molar-refractivity contribution in [1.82, 2.24) is 18.7 Å². The van der Waals surface area contributed by atoms with E-state index < -0.39 is 17.2 Å². The maximum Gasteiger partial charge on any atom is 0.332 e. The summed E-state index contributed by atoms with van der Waals surface area (Å²) in [5.41, 5.74) is 0.359. The van der Waals surface area contributed by atoms with Gasteiger partial charge >= 0.3 is 11.7 Å². The second kappa shape index (κ2) is 7.56. The number of carbonyl (C=O) groups excluding carboxylic acids is 1. The summed E-state index contributed by atoms with van der Waals surface area (Å²) in [7, 11) is 2.93. The Kier molecular flexibility index (Phi) is 5.20. The van der Waals surface area contributed by atoms with Crippen LogP contribution in [0.15, 0.2) is 40.2 Å². The molecule has 0 spiro atoms. The van der Waals surface area contributed by atoms with Gasteiger partial charge in [-0.25, -0.2) is 14.2 Å². The van der Waals surface area contributed by atoms with Crippen LogP contribution in [0.1, 0.15) is 12.0 Å². The number of aryl methyl sites for hydroxylation is 2. The Balaban J connectivity index is 1.61. The van der Waals surface area contributed by atoms with Gasteiger partial charge in [0.2, 0.25) is 0 Å². The van der Waals surface area contributed by atoms with Gasteiger partial charge in [-0.05, 0) is 24.1 Å². The standard InChI is InChI=1S/C18H19FN4O4/c1-21-16-15(17(25)22(2)18(21)26)23(11-20-16)8-9-27-14(24)7-6-12-4-3-5-13(19)10-12/h3-5,10-11H,6-9H2,1-2H3. The van der Waals surface area contributed by atoms with Gasteiger partial charge in [-0.2, -0.15) is 0 Å². The maximum atomic E-state index is 13.1. The first kappa shape index (κ1) is 18.6. The normalized spacial score (nSPS) is 11.1. The van der Waals surface area contributed by atoms with Crippen molar-refractivity contribution in [3.05, 3.63) is 62.8 Å². The molecule has 0 amide bonds. The molecule has 0 saturated carbocycles. The largest absolute Gasteiger partial charge is 0.464 e. The number of aromatic nitrogens is 4. The first-order valence-corrected chi connectivity index (χ1v) is 8.39. The zero-order valence-electron chi connectivity index (χ0n) is 15.0. The Morgan fingerprint density at radius 2 is 2.00 bits per heavy atom. The van der Waals surface area contributed by atoms with Crippen molar-refractivity contribution < 1.29 is 13.9 Å². The molecule has 2 heterocycles. The quantitative estimate of drug-likeness (QED) is 0.594. The third kappa shape index (κ3) is 3.81. The van der Waals surface area contributed by atoms with E-state index in [9.17, 15) is 18.8 Å². The molecule has 2 aromatic heterocycles. The molecule has 9 heteroatoms. The molecule has 0 N–H and O–H groups in total. The Morgan fingerprint density at radius 1 is 1.22 bits per heavy atom. The van der Waals surface area contributed by atoms with Crippen LogP contribution < -0.4 is 11.2 Å². The van der Waals surface area contributed by atoms with Crippen LogP contribution in [-0.2, 0) is 36.6 Å². The fourth-order valence-electron chi connectivity index (χ4n) is 2.84. The van der Waals surface area contributed by atoms with E-state index in [2.05, 4.69) is 4.98 Å². The number of hydrogen-bond acceptors (Lipinski definition) is 5. The number of fused-ring (bicyclic) bond motifs is 1. The molecule has 0 fully saturated rings. The summed E-state index contributed by atoms with van der Waals surface area (Å²) in [5, 5.41) is 0. The zero-order valence-corrected chi connectivity index (χ0v) is 15.0. The molecule has 0 saturated heterocycles. The molecule has 0 aliphatic rings. The first-order valence-electron chi connectivity index (χ1n) is 8.39. The lowest BCUT2D eigenvalue weighted by atomic mass is 10.1. The summed E-state index contributed by atoms with van der Waals surface area (Å²) in [4.78, 5) is 40.2. The van der Waals surface area contributed by atoms with Gasteiger partial charge in [0.1, 0.15) is 12.4 Å². The minimum Gasteiger partial charge on any atom is -0.464 e. The van der Waals surface area contributed by atoms with E-state index in [0.29, 0.717) is 6.42 Å². The van der Waals surface area contributed by atoms with Gasteiger partial charge in [0.05, 0.1) is 12.9 Å². The maximum absolute atomic E-state index is 13.1. The van der Waals surface area contributed by atoms with Crippen LogP contribution >= 0.6 is 0 Å². The molecule has 0 unspecified atom stereocenters. The Labute approximate surface area is 153 Å². The van der Waals surface area contributed by atoms with E-state index in [-0.39, 0.29) is 36.6 Å². The number of rotatable bonds is 6. The van der Waals surface area contributed by atoms with Crippen molar-refractivity contribution in [3.63, 3.8) is 0 Å². The smallest absolute Gasteiger partial charge is 0.332 e. The highest BCUT2D eigenvalue weighted by Gasteiger charge is 2.14. The second-order valence-electron chi connectivity index (χ2n) is 6.17.